The molecule has 2 aromatic heterocycles. The smallest absolute Gasteiger partial charge is 0.135 e. The third-order valence-corrected chi connectivity index (χ3v) is 10.8. The predicted octanol–water partition coefficient (Wildman–Crippen LogP) is 13.9. The quantitative estimate of drug-likeness (QED) is 0.186. The largest absolute Gasteiger partial charge is 0.456 e. The highest BCUT2D eigenvalue weighted by atomic mass is 32.1. The lowest BCUT2D eigenvalue weighted by Gasteiger charge is -2.28. The van der Waals surface area contributed by atoms with Gasteiger partial charge < -0.3 is 9.32 Å². The van der Waals surface area contributed by atoms with Crippen LogP contribution in [0.5, 0.6) is 0 Å². The van der Waals surface area contributed by atoms with E-state index in [2.05, 4.69) is 169 Å². The molecule has 2 nitrogen and oxygen atoms in total. The number of nitrogens with zero attached hydrogens (tertiary/aromatic N) is 1. The SMILES string of the molecule is c1cc(-c2cccc3ccccc23)cc(N(c2ccc3oc4ccccc4c3c2)c2ccccc2-c2ccc3c(c2)sc2ccccc23)c1. The first-order valence-electron chi connectivity index (χ1n) is 16.6. The summed E-state index contributed by atoms with van der Waals surface area (Å²) in [6.45, 7) is 0. The van der Waals surface area contributed by atoms with Gasteiger partial charge in [0.15, 0.2) is 0 Å². The molecule has 8 aromatic carbocycles. The third-order valence-electron chi connectivity index (χ3n) is 9.66. The highest BCUT2D eigenvalue weighted by molar-refractivity contribution is 7.25. The summed E-state index contributed by atoms with van der Waals surface area (Å²) >= 11 is 1.86. The summed E-state index contributed by atoms with van der Waals surface area (Å²) in [6, 6.07) is 63.4. The topological polar surface area (TPSA) is 16.4 Å². The molecule has 0 N–H and O–H groups in total. The summed E-state index contributed by atoms with van der Waals surface area (Å²) in [5, 5.41) is 7.33. The van der Waals surface area contributed by atoms with Gasteiger partial charge in [0.25, 0.3) is 0 Å². The summed E-state index contributed by atoms with van der Waals surface area (Å²) in [7, 11) is 0. The van der Waals surface area contributed by atoms with E-state index in [9.17, 15) is 0 Å². The van der Waals surface area contributed by atoms with Crippen molar-refractivity contribution in [3.63, 3.8) is 0 Å². The number of hydrogen-bond donors (Lipinski definition) is 0. The van der Waals surface area contributed by atoms with Crippen molar-refractivity contribution in [2.24, 2.45) is 0 Å². The zero-order chi connectivity index (χ0) is 32.3. The van der Waals surface area contributed by atoms with Gasteiger partial charge in [-0.05, 0) is 82.1 Å². The molecule has 49 heavy (non-hydrogen) atoms. The fraction of sp³-hybridized carbons (Fsp3) is 0. The zero-order valence-electron chi connectivity index (χ0n) is 26.5. The number of furan rings is 1. The molecule has 0 radical (unpaired) electrons. The van der Waals surface area contributed by atoms with Crippen molar-refractivity contribution in [3.05, 3.63) is 176 Å². The number of rotatable bonds is 5. The Morgan fingerprint density at radius 3 is 2.02 bits per heavy atom. The Kier molecular flexibility index (Phi) is 6.39. The van der Waals surface area contributed by atoms with E-state index >= 15 is 0 Å². The molecule has 0 aliphatic rings. The second-order valence-corrected chi connectivity index (χ2v) is 13.6. The average Bonchev–Trinajstić information content (AvgIpc) is 3.73. The van der Waals surface area contributed by atoms with E-state index in [0.717, 1.165) is 39.0 Å². The Labute approximate surface area is 287 Å². The lowest BCUT2D eigenvalue weighted by Crippen LogP contribution is -2.11. The van der Waals surface area contributed by atoms with Crippen molar-refractivity contribution in [3.8, 4) is 22.3 Å². The molecule has 0 bridgehead atoms. The van der Waals surface area contributed by atoms with Gasteiger partial charge in [-0.2, -0.15) is 0 Å². The van der Waals surface area contributed by atoms with Gasteiger partial charge in [0.1, 0.15) is 11.2 Å². The molecule has 230 valence electrons. The van der Waals surface area contributed by atoms with Crippen LogP contribution < -0.4 is 4.90 Å². The molecule has 0 spiro atoms. The molecule has 0 aliphatic carbocycles. The van der Waals surface area contributed by atoms with Gasteiger partial charge in [0, 0.05) is 47.9 Å². The van der Waals surface area contributed by atoms with Gasteiger partial charge in [0.2, 0.25) is 0 Å². The van der Waals surface area contributed by atoms with Crippen LogP contribution in [0.1, 0.15) is 0 Å². The van der Waals surface area contributed by atoms with E-state index < -0.39 is 0 Å². The first-order chi connectivity index (χ1) is 24.3. The average molecular weight is 644 g/mol. The van der Waals surface area contributed by atoms with E-state index in [0.29, 0.717) is 0 Å². The Morgan fingerprint density at radius 1 is 0.388 bits per heavy atom. The first kappa shape index (κ1) is 27.9. The molecule has 0 saturated carbocycles. The van der Waals surface area contributed by atoms with Crippen molar-refractivity contribution in [2.45, 2.75) is 0 Å². The standard InChI is InChI=1S/C46H29NOS/c1-2-15-35-30(11-1)12-10-19-36(35)31-13-9-14-33(27-31)47(34-24-26-44-41(29-34)38-17-4-7-21-43(38)48-44)42-20-6-3-16-37(42)32-23-25-40-39-18-5-8-22-45(39)49-46(40)28-32/h1-29H. The van der Waals surface area contributed by atoms with Crippen LogP contribution in [0.15, 0.2) is 180 Å². The van der Waals surface area contributed by atoms with Gasteiger partial charge in [-0.25, -0.2) is 0 Å². The molecule has 0 saturated heterocycles. The molecule has 10 rings (SSSR count). The molecule has 2 heterocycles. The molecule has 0 atom stereocenters. The summed E-state index contributed by atoms with van der Waals surface area (Å²) in [4.78, 5) is 2.40. The Balaban J connectivity index is 1.20. The van der Waals surface area contributed by atoms with Crippen LogP contribution in [-0.4, -0.2) is 0 Å². The maximum atomic E-state index is 6.26. The molecular weight excluding hydrogens is 615 g/mol. The molecule has 3 heteroatoms. The van der Waals surface area contributed by atoms with Gasteiger partial charge in [-0.15, -0.1) is 11.3 Å². The predicted molar refractivity (Wildman–Crippen MR) is 210 cm³/mol. The number of hydrogen-bond acceptors (Lipinski definition) is 3. The van der Waals surface area contributed by atoms with Crippen LogP contribution >= 0.6 is 11.3 Å². The summed E-state index contributed by atoms with van der Waals surface area (Å²) in [5.41, 5.74) is 9.84. The number of benzene rings is 8. The number of thiophene rings is 1. The summed E-state index contributed by atoms with van der Waals surface area (Å²) < 4.78 is 8.87. The molecule has 0 aliphatic heterocycles. The third kappa shape index (κ3) is 4.62. The van der Waals surface area contributed by atoms with Gasteiger partial charge >= 0.3 is 0 Å². The Hall–Kier alpha value is -6.16. The second-order valence-electron chi connectivity index (χ2n) is 12.5. The van der Waals surface area contributed by atoms with E-state index in [1.165, 1.54) is 53.2 Å². The minimum Gasteiger partial charge on any atom is -0.456 e. The van der Waals surface area contributed by atoms with E-state index in [1.54, 1.807) is 0 Å². The van der Waals surface area contributed by atoms with Gasteiger partial charge in [-0.3, -0.25) is 0 Å². The lowest BCUT2D eigenvalue weighted by molar-refractivity contribution is 0.669. The molecule has 0 fully saturated rings. The highest BCUT2D eigenvalue weighted by Gasteiger charge is 2.20. The summed E-state index contributed by atoms with van der Waals surface area (Å²) in [5.74, 6) is 0. The van der Waals surface area contributed by atoms with Crippen LogP contribution in [-0.2, 0) is 0 Å². The maximum absolute atomic E-state index is 6.26. The number of fused-ring (bicyclic) bond motifs is 7. The lowest BCUT2D eigenvalue weighted by atomic mass is 9.97. The van der Waals surface area contributed by atoms with Crippen molar-refractivity contribution in [2.75, 3.05) is 4.90 Å². The number of para-hydroxylation sites is 2. The van der Waals surface area contributed by atoms with Crippen molar-refractivity contribution in [1.29, 1.82) is 0 Å². The van der Waals surface area contributed by atoms with Crippen LogP contribution in [0.4, 0.5) is 17.1 Å². The van der Waals surface area contributed by atoms with Gasteiger partial charge in [0.05, 0.1) is 5.69 Å². The van der Waals surface area contributed by atoms with Crippen LogP contribution in [0.3, 0.4) is 0 Å². The van der Waals surface area contributed by atoms with Crippen LogP contribution in [0, 0.1) is 0 Å². The van der Waals surface area contributed by atoms with E-state index in [-0.39, 0.29) is 0 Å². The van der Waals surface area contributed by atoms with Gasteiger partial charge in [-0.1, -0.05) is 121 Å². The Morgan fingerprint density at radius 2 is 1.06 bits per heavy atom. The van der Waals surface area contributed by atoms with Crippen molar-refractivity contribution < 1.29 is 4.42 Å². The molecular formula is C46H29NOS. The first-order valence-corrected chi connectivity index (χ1v) is 17.4. The fourth-order valence-electron chi connectivity index (χ4n) is 7.38. The fourth-order valence-corrected chi connectivity index (χ4v) is 8.52. The van der Waals surface area contributed by atoms with Crippen molar-refractivity contribution >= 4 is 81.3 Å². The highest BCUT2D eigenvalue weighted by Crippen LogP contribution is 2.45. The van der Waals surface area contributed by atoms with Crippen LogP contribution in [0.25, 0.3) is 75.1 Å². The molecule has 0 unspecified atom stereocenters. The Bertz CT molecular complexity index is 2850. The van der Waals surface area contributed by atoms with Crippen LogP contribution in [0.2, 0.25) is 0 Å². The second kappa shape index (κ2) is 11.2. The van der Waals surface area contributed by atoms with Crippen molar-refractivity contribution in [1.82, 2.24) is 0 Å². The van der Waals surface area contributed by atoms with E-state index in [4.69, 9.17) is 4.42 Å². The monoisotopic (exact) mass is 643 g/mol. The normalized spacial score (nSPS) is 11.7. The molecule has 10 aromatic rings. The minimum absolute atomic E-state index is 0.887. The zero-order valence-corrected chi connectivity index (χ0v) is 27.3. The minimum atomic E-state index is 0.887. The molecule has 0 amide bonds. The van der Waals surface area contributed by atoms with E-state index in [1.807, 2.05) is 23.5 Å². The number of anilines is 3. The summed E-state index contributed by atoms with van der Waals surface area (Å²) in [6.07, 6.45) is 0. The maximum Gasteiger partial charge on any atom is 0.135 e.